The van der Waals surface area contributed by atoms with Crippen LogP contribution < -0.4 is 0 Å². The van der Waals surface area contributed by atoms with Gasteiger partial charge in [0.2, 0.25) is 0 Å². The van der Waals surface area contributed by atoms with Gasteiger partial charge in [-0.05, 0) is 31.7 Å². The maximum Gasteiger partial charge on any atom is 0.273 e. The van der Waals surface area contributed by atoms with Crippen LogP contribution in [0.4, 0.5) is 5.69 Å². The average Bonchev–Trinajstić information content (AvgIpc) is 2.87. The van der Waals surface area contributed by atoms with Crippen molar-refractivity contribution >= 4 is 23.2 Å². The molecule has 1 aliphatic heterocycles. The Labute approximate surface area is 122 Å². The Morgan fingerprint density at radius 1 is 1.55 bits per heavy atom. The Morgan fingerprint density at radius 3 is 2.95 bits per heavy atom. The minimum Gasteiger partial charge on any atom is -0.338 e. The van der Waals surface area contributed by atoms with Crippen LogP contribution >= 0.6 is 11.6 Å². The summed E-state index contributed by atoms with van der Waals surface area (Å²) in [5, 5.41) is 10.9. The molecule has 1 aromatic carbocycles. The van der Waals surface area contributed by atoms with Gasteiger partial charge in [-0.15, -0.1) is 11.6 Å². The molecule has 20 heavy (non-hydrogen) atoms. The van der Waals surface area contributed by atoms with Gasteiger partial charge in [0.1, 0.15) is 0 Å². The summed E-state index contributed by atoms with van der Waals surface area (Å²) >= 11 is 5.72. The first-order valence-electron chi connectivity index (χ1n) is 6.63. The van der Waals surface area contributed by atoms with Crippen LogP contribution in [-0.4, -0.2) is 34.7 Å². The van der Waals surface area contributed by atoms with Crippen molar-refractivity contribution in [1.29, 1.82) is 0 Å². The molecule has 0 N–H and O–H groups in total. The summed E-state index contributed by atoms with van der Waals surface area (Å²) in [4.78, 5) is 24.6. The van der Waals surface area contributed by atoms with E-state index < -0.39 is 4.92 Å². The van der Waals surface area contributed by atoms with Crippen molar-refractivity contribution in [2.45, 2.75) is 19.8 Å². The maximum atomic E-state index is 12.4. The molecule has 0 radical (unpaired) electrons. The van der Waals surface area contributed by atoms with Crippen LogP contribution in [-0.2, 0) is 0 Å². The first-order valence-corrected chi connectivity index (χ1v) is 7.16. The fourth-order valence-corrected chi connectivity index (χ4v) is 2.84. The highest BCUT2D eigenvalue weighted by Crippen LogP contribution is 2.24. The fourth-order valence-electron chi connectivity index (χ4n) is 2.53. The summed E-state index contributed by atoms with van der Waals surface area (Å²) in [7, 11) is 0. The summed E-state index contributed by atoms with van der Waals surface area (Å²) < 4.78 is 0. The molecule has 1 atom stereocenters. The zero-order valence-corrected chi connectivity index (χ0v) is 12.1. The molecule has 1 amide bonds. The van der Waals surface area contributed by atoms with Gasteiger partial charge in [-0.2, -0.15) is 0 Å². The number of hydrogen-bond donors (Lipinski definition) is 0. The lowest BCUT2D eigenvalue weighted by atomic mass is 10.1. The Morgan fingerprint density at radius 2 is 2.30 bits per heavy atom. The van der Waals surface area contributed by atoms with Crippen molar-refractivity contribution in [1.82, 2.24) is 4.90 Å². The molecule has 108 valence electrons. The third kappa shape index (κ3) is 3.10. The van der Waals surface area contributed by atoms with Crippen LogP contribution in [0, 0.1) is 23.0 Å². The second-order valence-corrected chi connectivity index (χ2v) is 5.52. The molecular formula is C14H17ClN2O3. The number of hydrogen-bond acceptors (Lipinski definition) is 3. The Bertz CT molecular complexity index is 533. The number of aryl methyl sites for hydroxylation is 1. The molecule has 0 bridgehead atoms. The van der Waals surface area contributed by atoms with Crippen molar-refractivity contribution in [3.63, 3.8) is 0 Å². The van der Waals surface area contributed by atoms with E-state index in [4.69, 9.17) is 11.6 Å². The first-order chi connectivity index (χ1) is 9.52. The van der Waals surface area contributed by atoms with E-state index in [0.717, 1.165) is 12.8 Å². The molecule has 1 fully saturated rings. The number of benzene rings is 1. The second kappa shape index (κ2) is 6.22. The number of likely N-dealkylation sites (tertiary alicyclic amines) is 1. The summed E-state index contributed by atoms with van der Waals surface area (Å²) in [6.07, 6.45) is 1.85. The molecule has 0 aromatic heterocycles. The largest absolute Gasteiger partial charge is 0.338 e. The zero-order chi connectivity index (χ0) is 14.7. The third-order valence-electron chi connectivity index (χ3n) is 3.74. The van der Waals surface area contributed by atoms with Gasteiger partial charge in [0.05, 0.1) is 4.92 Å². The van der Waals surface area contributed by atoms with Crippen LogP contribution in [0.2, 0.25) is 0 Å². The molecule has 2 rings (SSSR count). The third-order valence-corrected chi connectivity index (χ3v) is 3.96. The van der Waals surface area contributed by atoms with Crippen molar-refractivity contribution in [2.24, 2.45) is 5.92 Å². The number of nitro groups is 1. The Kier molecular flexibility index (Phi) is 4.60. The van der Waals surface area contributed by atoms with Crippen LogP contribution in [0.15, 0.2) is 18.2 Å². The Hall–Kier alpha value is -1.62. The summed E-state index contributed by atoms with van der Waals surface area (Å²) in [6, 6.07) is 4.64. The summed E-state index contributed by atoms with van der Waals surface area (Å²) in [6.45, 7) is 3.05. The topological polar surface area (TPSA) is 63.5 Å². The molecule has 1 saturated heterocycles. The van der Waals surface area contributed by atoms with E-state index in [-0.39, 0.29) is 11.6 Å². The SMILES string of the molecule is Cc1ccc(C(=O)N2CCC(CCCl)C2)cc1[N+](=O)[O-]. The van der Waals surface area contributed by atoms with E-state index in [1.165, 1.54) is 6.07 Å². The van der Waals surface area contributed by atoms with Gasteiger partial charge in [-0.3, -0.25) is 14.9 Å². The minimum atomic E-state index is -0.452. The highest BCUT2D eigenvalue weighted by atomic mass is 35.5. The standard InChI is InChI=1S/C14H17ClN2O3/c1-10-2-3-12(8-13(10)17(19)20)14(18)16-7-5-11(9-16)4-6-15/h2-3,8,11H,4-7,9H2,1H3. The van der Waals surface area contributed by atoms with Gasteiger partial charge < -0.3 is 4.90 Å². The molecule has 5 nitrogen and oxygen atoms in total. The van der Waals surface area contributed by atoms with Gasteiger partial charge in [0.15, 0.2) is 0 Å². The molecule has 1 heterocycles. The van der Waals surface area contributed by atoms with Crippen LogP contribution in [0.1, 0.15) is 28.8 Å². The van der Waals surface area contributed by atoms with E-state index >= 15 is 0 Å². The van der Waals surface area contributed by atoms with Crippen LogP contribution in [0.5, 0.6) is 0 Å². The first kappa shape index (κ1) is 14.8. The molecule has 1 aliphatic rings. The average molecular weight is 297 g/mol. The van der Waals surface area contributed by atoms with Gasteiger partial charge in [-0.1, -0.05) is 6.07 Å². The van der Waals surface area contributed by atoms with Crippen molar-refractivity contribution in [2.75, 3.05) is 19.0 Å². The lowest BCUT2D eigenvalue weighted by Gasteiger charge is -2.16. The lowest BCUT2D eigenvalue weighted by molar-refractivity contribution is -0.385. The van der Waals surface area contributed by atoms with Crippen molar-refractivity contribution in [3.8, 4) is 0 Å². The van der Waals surface area contributed by atoms with Gasteiger partial charge >= 0.3 is 0 Å². The molecule has 1 unspecified atom stereocenters. The van der Waals surface area contributed by atoms with E-state index in [0.29, 0.717) is 36.0 Å². The fraction of sp³-hybridized carbons (Fsp3) is 0.500. The zero-order valence-electron chi connectivity index (χ0n) is 11.3. The predicted octanol–water partition coefficient (Wildman–Crippen LogP) is 2.99. The van der Waals surface area contributed by atoms with E-state index in [9.17, 15) is 14.9 Å². The second-order valence-electron chi connectivity index (χ2n) is 5.14. The quantitative estimate of drug-likeness (QED) is 0.487. The van der Waals surface area contributed by atoms with E-state index in [2.05, 4.69) is 0 Å². The Balaban J connectivity index is 2.14. The molecular weight excluding hydrogens is 280 g/mol. The molecule has 0 saturated carbocycles. The number of alkyl halides is 1. The number of carbonyl (C=O) groups is 1. The number of halogens is 1. The number of amides is 1. The monoisotopic (exact) mass is 296 g/mol. The summed E-state index contributed by atoms with van der Waals surface area (Å²) in [5.41, 5.74) is 0.939. The van der Waals surface area contributed by atoms with Crippen LogP contribution in [0.3, 0.4) is 0 Å². The van der Waals surface area contributed by atoms with Crippen molar-refractivity contribution < 1.29 is 9.72 Å². The molecule has 1 aromatic rings. The number of carbonyl (C=O) groups excluding carboxylic acids is 1. The maximum absolute atomic E-state index is 12.4. The van der Waals surface area contributed by atoms with Crippen LogP contribution in [0.25, 0.3) is 0 Å². The molecule has 6 heteroatoms. The van der Waals surface area contributed by atoms with Gasteiger partial charge in [0, 0.05) is 36.2 Å². The van der Waals surface area contributed by atoms with Gasteiger partial charge in [0.25, 0.3) is 11.6 Å². The van der Waals surface area contributed by atoms with E-state index in [1.54, 1.807) is 24.0 Å². The highest BCUT2D eigenvalue weighted by molar-refractivity contribution is 6.17. The molecule has 0 aliphatic carbocycles. The summed E-state index contributed by atoms with van der Waals surface area (Å²) in [5.74, 6) is 0.907. The lowest BCUT2D eigenvalue weighted by Crippen LogP contribution is -2.28. The van der Waals surface area contributed by atoms with Gasteiger partial charge in [-0.25, -0.2) is 0 Å². The number of nitrogens with zero attached hydrogens (tertiary/aromatic N) is 2. The smallest absolute Gasteiger partial charge is 0.273 e. The highest BCUT2D eigenvalue weighted by Gasteiger charge is 2.27. The number of rotatable bonds is 4. The van der Waals surface area contributed by atoms with Crippen molar-refractivity contribution in [3.05, 3.63) is 39.4 Å². The molecule has 0 spiro atoms. The normalized spacial score (nSPS) is 18.3. The number of nitro benzene ring substituents is 1. The van der Waals surface area contributed by atoms with E-state index in [1.807, 2.05) is 0 Å². The minimum absolute atomic E-state index is 0.00708. The predicted molar refractivity (Wildman–Crippen MR) is 77.2 cm³/mol.